The molecule has 0 saturated heterocycles. The van der Waals surface area contributed by atoms with E-state index in [2.05, 4.69) is 10.2 Å². The quantitative estimate of drug-likeness (QED) is 0.785. The number of ether oxygens (including phenoxy) is 1. The number of benzene rings is 1. The molecule has 1 aromatic carbocycles. The van der Waals surface area contributed by atoms with Gasteiger partial charge in [-0.25, -0.2) is 0 Å². The van der Waals surface area contributed by atoms with Crippen LogP contribution in [0.3, 0.4) is 0 Å². The fourth-order valence-electron chi connectivity index (χ4n) is 1.32. The Morgan fingerprint density at radius 2 is 1.94 bits per heavy atom. The SMILES string of the molecule is NCCCOc1ccc(-c2nnc(N)s2)cc1. The van der Waals surface area contributed by atoms with Crippen molar-refractivity contribution >= 4 is 16.5 Å². The molecule has 1 aromatic heterocycles. The van der Waals surface area contributed by atoms with Gasteiger partial charge in [-0.2, -0.15) is 0 Å². The second-order valence-corrected chi connectivity index (χ2v) is 4.47. The summed E-state index contributed by atoms with van der Waals surface area (Å²) >= 11 is 1.37. The van der Waals surface area contributed by atoms with Gasteiger partial charge >= 0.3 is 0 Å². The minimum absolute atomic E-state index is 0.475. The van der Waals surface area contributed by atoms with Crippen LogP contribution >= 0.6 is 11.3 Å². The lowest BCUT2D eigenvalue weighted by Gasteiger charge is -2.05. The largest absolute Gasteiger partial charge is 0.494 e. The molecule has 17 heavy (non-hydrogen) atoms. The van der Waals surface area contributed by atoms with Crippen LogP contribution in [-0.2, 0) is 0 Å². The Labute approximate surface area is 103 Å². The summed E-state index contributed by atoms with van der Waals surface area (Å²) in [5.74, 6) is 0.833. The maximum absolute atomic E-state index is 5.54. The molecule has 5 nitrogen and oxygen atoms in total. The van der Waals surface area contributed by atoms with E-state index in [4.69, 9.17) is 16.2 Å². The second kappa shape index (κ2) is 5.60. The summed E-state index contributed by atoms with van der Waals surface area (Å²) in [5.41, 5.74) is 11.9. The number of hydrogen-bond donors (Lipinski definition) is 2. The van der Waals surface area contributed by atoms with Crippen molar-refractivity contribution in [2.75, 3.05) is 18.9 Å². The van der Waals surface area contributed by atoms with E-state index in [1.54, 1.807) is 0 Å². The summed E-state index contributed by atoms with van der Waals surface area (Å²) < 4.78 is 5.51. The number of hydrogen-bond acceptors (Lipinski definition) is 6. The first-order valence-corrected chi connectivity index (χ1v) is 6.13. The Hall–Kier alpha value is -1.66. The monoisotopic (exact) mass is 250 g/mol. The van der Waals surface area contributed by atoms with E-state index in [1.165, 1.54) is 11.3 Å². The van der Waals surface area contributed by atoms with Gasteiger partial charge in [-0.3, -0.25) is 0 Å². The van der Waals surface area contributed by atoms with Gasteiger partial charge in [0.1, 0.15) is 10.8 Å². The minimum Gasteiger partial charge on any atom is -0.494 e. The van der Waals surface area contributed by atoms with E-state index in [-0.39, 0.29) is 0 Å². The van der Waals surface area contributed by atoms with Crippen molar-refractivity contribution in [1.82, 2.24) is 10.2 Å². The Kier molecular flexibility index (Phi) is 3.89. The Bertz CT molecular complexity index is 469. The smallest absolute Gasteiger partial charge is 0.203 e. The first-order chi connectivity index (χ1) is 8.29. The third kappa shape index (κ3) is 3.15. The molecule has 0 bridgehead atoms. The summed E-state index contributed by atoms with van der Waals surface area (Å²) in [5, 5.41) is 9.05. The van der Waals surface area contributed by atoms with Crippen molar-refractivity contribution in [2.45, 2.75) is 6.42 Å². The Morgan fingerprint density at radius 1 is 1.18 bits per heavy atom. The first kappa shape index (κ1) is 11.8. The first-order valence-electron chi connectivity index (χ1n) is 5.32. The van der Waals surface area contributed by atoms with E-state index in [0.717, 1.165) is 22.7 Å². The number of anilines is 1. The molecular weight excluding hydrogens is 236 g/mol. The van der Waals surface area contributed by atoms with Gasteiger partial charge in [0.25, 0.3) is 0 Å². The molecule has 0 radical (unpaired) electrons. The normalized spacial score (nSPS) is 10.4. The average Bonchev–Trinajstić information content (AvgIpc) is 2.77. The number of nitrogens with zero attached hydrogens (tertiary/aromatic N) is 2. The molecule has 6 heteroatoms. The fourth-order valence-corrected chi connectivity index (χ4v) is 1.93. The van der Waals surface area contributed by atoms with Gasteiger partial charge in [-0.05, 0) is 37.2 Å². The van der Waals surface area contributed by atoms with Crippen molar-refractivity contribution in [3.8, 4) is 16.3 Å². The molecule has 2 aromatic rings. The van der Waals surface area contributed by atoms with Gasteiger partial charge in [0.2, 0.25) is 5.13 Å². The second-order valence-electron chi connectivity index (χ2n) is 3.46. The Morgan fingerprint density at radius 3 is 2.53 bits per heavy atom. The van der Waals surface area contributed by atoms with Gasteiger partial charge in [0.05, 0.1) is 6.61 Å². The van der Waals surface area contributed by atoms with E-state index in [0.29, 0.717) is 18.3 Å². The van der Waals surface area contributed by atoms with Crippen molar-refractivity contribution in [3.05, 3.63) is 24.3 Å². The van der Waals surface area contributed by atoms with Gasteiger partial charge in [-0.15, -0.1) is 10.2 Å². The van der Waals surface area contributed by atoms with Crippen molar-refractivity contribution in [2.24, 2.45) is 5.73 Å². The number of aromatic nitrogens is 2. The van der Waals surface area contributed by atoms with Crippen LogP contribution in [0.2, 0.25) is 0 Å². The zero-order chi connectivity index (χ0) is 12.1. The lowest BCUT2D eigenvalue weighted by atomic mass is 10.2. The van der Waals surface area contributed by atoms with Gasteiger partial charge in [0.15, 0.2) is 0 Å². The van der Waals surface area contributed by atoms with Crippen molar-refractivity contribution in [1.29, 1.82) is 0 Å². The van der Waals surface area contributed by atoms with Crippen LogP contribution in [-0.4, -0.2) is 23.3 Å². The molecule has 4 N–H and O–H groups in total. The zero-order valence-electron chi connectivity index (χ0n) is 9.30. The van der Waals surface area contributed by atoms with Gasteiger partial charge < -0.3 is 16.2 Å². The topological polar surface area (TPSA) is 87.0 Å². The summed E-state index contributed by atoms with van der Waals surface area (Å²) in [4.78, 5) is 0. The maximum Gasteiger partial charge on any atom is 0.203 e. The molecule has 90 valence electrons. The summed E-state index contributed by atoms with van der Waals surface area (Å²) in [6.07, 6.45) is 0.856. The molecule has 0 aliphatic heterocycles. The van der Waals surface area contributed by atoms with Gasteiger partial charge in [0, 0.05) is 5.56 Å². The summed E-state index contributed by atoms with van der Waals surface area (Å²) in [6, 6.07) is 7.70. The predicted molar refractivity (Wildman–Crippen MR) is 68.9 cm³/mol. The lowest BCUT2D eigenvalue weighted by molar-refractivity contribution is 0.313. The summed E-state index contributed by atoms with van der Waals surface area (Å²) in [7, 11) is 0. The fraction of sp³-hybridized carbons (Fsp3) is 0.273. The number of nitrogen functional groups attached to an aromatic ring is 1. The highest BCUT2D eigenvalue weighted by Crippen LogP contribution is 2.26. The van der Waals surface area contributed by atoms with Crippen LogP contribution in [0.1, 0.15) is 6.42 Å². The molecule has 0 amide bonds. The van der Waals surface area contributed by atoms with E-state index in [9.17, 15) is 0 Å². The van der Waals surface area contributed by atoms with Crippen molar-refractivity contribution in [3.63, 3.8) is 0 Å². The molecule has 1 heterocycles. The molecule has 0 aliphatic carbocycles. The maximum atomic E-state index is 5.54. The third-order valence-corrected chi connectivity index (χ3v) is 2.96. The zero-order valence-corrected chi connectivity index (χ0v) is 10.1. The molecule has 0 atom stereocenters. The van der Waals surface area contributed by atoms with Crippen LogP contribution in [0.5, 0.6) is 5.75 Å². The number of nitrogens with two attached hydrogens (primary N) is 2. The van der Waals surface area contributed by atoms with Crippen LogP contribution < -0.4 is 16.2 Å². The lowest BCUT2D eigenvalue weighted by Crippen LogP contribution is -2.05. The third-order valence-electron chi connectivity index (χ3n) is 2.16. The van der Waals surface area contributed by atoms with Crippen molar-refractivity contribution < 1.29 is 4.74 Å². The van der Waals surface area contributed by atoms with E-state index >= 15 is 0 Å². The molecular formula is C11H14N4OS. The van der Waals surface area contributed by atoms with Crippen LogP contribution in [0, 0.1) is 0 Å². The van der Waals surface area contributed by atoms with E-state index < -0.39 is 0 Å². The predicted octanol–water partition coefficient (Wildman–Crippen LogP) is 1.51. The molecule has 0 saturated carbocycles. The molecule has 0 fully saturated rings. The summed E-state index contributed by atoms with van der Waals surface area (Å²) in [6.45, 7) is 1.28. The molecule has 2 rings (SSSR count). The van der Waals surface area contributed by atoms with Gasteiger partial charge in [-0.1, -0.05) is 11.3 Å². The highest BCUT2D eigenvalue weighted by atomic mass is 32.1. The minimum atomic E-state index is 0.475. The molecule has 0 aliphatic rings. The molecule has 0 spiro atoms. The van der Waals surface area contributed by atoms with E-state index in [1.807, 2.05) is 24.3 Å². The van der Waals surface area contributed by atoms with Crippen LogP contribution in [0.4, 0.5) is 5.13 Å². The average molecular weight is 250 g/mol. The van der Waals surface area contributed by atoms with Crippen LogP contribution in [0.25, 0.3) is 10.6 Å². The Balaban J connectivity index is 2.02. The highest BCUT2D eigenvalue weighted by Gasteiger charge is 2.04. The number of rotatable bonds is 5. The highest BCUT2D eigenvalue weighted by molar-refractivity contribution is 7.18. The standard InChI is InChI=1S/C11H14N4OS/c12-6-1-7-16-9-4-2-8(3-5-9)10-14-15-11(13)17-10/h2-5H,1,6-7,12H2,(H2,13,15). The van der Waals surface area contributed by atoms with Crippen LogP contribution in [0.15, 0.2) is 24.3 Å². The molecule has 0 unspecified atom stereocenters.